The fourth-order valence-electron chi connectivity index (χ4n) is 1.33. The molecule has 0 saturated heterocycles. The Morgan fingerprint density at radius 3 is 2.94 bits per heavy atom. The molecule has 0 atom stereocenters. The third-order valence-corrected chi connectivity index (χ3v) is 3.39. The number of nitrogens with zero attached hydrogens (tertiary/aromatic N) is 2. The molecule has 16 heavy (non-hydrogen) atoms. The number of aromatic nitrogens is 3. The van der Waals surface area contributed by atoms with Crippen LogP contribution in [-0.2, 0) is 6.42 Å². The molecule has 0 saturated carbocycles. The first-order valence-corrected chi connectivity index (χ1v) is 5.43. The molecule has 0 fully saturated rings. The molecule has 0 unspecified atom stereocenters. The number of aromatic amines is 1. The normalized spacial score (nSPS) is 10.6. The number of carbonyl (C=O) groups is 1. The van der Waals surface area contributed by atoms with Crippen LogP contribution in [0.2, 0.25) is 0 Å². The van der Waals surface area contributed by atoms with Crippen molar-refractivity contribution in [2.75, 3.05) is 0 Å². The molecular weight excluding hydrogens is 230 g/mol. The van der Waals surface area contributed by atoms with Gasteiger partial charge in [-0.25, -0.2) is 19.3 Å². The Morgan fingerprint density at radius 2 is 2.44 bits per heavy atom. The van der Waals surface area contributed by atoms with Gasteiger partial charge in [0.1, 0.15) is 11.3 Å². The number of nitrogens with one attached hydrogen (secondary N) is 1. The maximum atomic E-state index is 11.4. The Kier molecular flexibility index (Phi) is 2.61. The monoisotopic (exact) mass is 239 g/mol. The molecule has 2 aromatic rings. The minimum atomic E-state index is -1.04. The van der Waals surface area contributed by atoms with E-state index in [1.165, 1.54) is 22.2 Å². The van der Waals surface area contributed by atoms with Crippen molar-refractivity contribution >= 4 is 17.3 Å². The minimum absolute atomic E-state index is 0.130. The molecule has 2 heterocycles. The zero-order valence-corrected chi connectivity index (χ0v) is 9.24. The lowest BCUT2D eigenvalue weighted by Crippen LogP contribution is -2.15. The standard InChI is InChI=1S/C9H9N3O3S/c1-2-5-3-6(8(13)14)7(16-5)12-4-10-11-9(12)15/h3-4H,2H2,1H3,(H,11,15)(H,13,14). The summed E-state index contributed by atoms with van der Waals surface area (Å²) in [6, 6.07) is 1.59. The summed E-state index contributed by atoms with van der Waals surface area (Å²) in [6.45, 7) is 1.93. The van der Waals surface area contributed by atoms with E-state index in [2.05, 4.69) is 10.2 Å². The molecule has 0 aliphatic rings. The highest BCUT2D eigenvalue weighted by molar-refractivity contribution is 7.14. The van der Waals surface area contributed by atoms with E-state index in [4.69, 9.17) is 5.11 Å². The van der Waals surface area contributed by atoms with Crippen molar-refractivity contribution in [1.82, 2.24) is 14.8 Å². The number of H-pyrrole nitrogens is 1. The molecule has 0 spiro atoms. The van der Waals surface area contributed by atoms with Crippen LogP contribution in [0.1, 0.15) is 22.2 Å². The average Bonchev–Trinajstić information content (AvgIpc) is 2.82. The van der Waals surface area contributed by atoms with Gasteiger partial charge >= 0.3 is 11.7 Å². The number of carboxylic acid groups (broad SMARTS) is 1. The predicted octanol–water partition coefficient (Wildman–Crippen LogP) is 0.883. The van der Waals surface area contributed by atoms with E-state index in [0.29, 0.717) is 5.00 Å². The highest BCUT2D eigenvalue weighted by atomic mass is 32.1. The smallest absolute Gasteiger partial charge is 0.348 e. The van der Waals surface area contributed by atoms with E-state index < -0.39 is 11.7 Å². The fourth-order valence-corrected chi connectivity index (χ4v) is 2.38. The maximum absolute atomic E-state index is 11.4. The first-order valence-electron chi connectivity index (χ1n) is 4.62. The van der Waals surface area contributed by atoms with E-state index >= 15 is 0 Å². The van der Waals surface area contributed by atoms with Crippen molar-refractivity contribution in [3.8, 4) is 5.00 Å². The summed E-state index contributed by atoms with van der Waals surface area (Å²) in [5.41, 5.74) is -0.308. The van der Waals surface area contributed by atoms with E-state index in [1.807, 2.05) is 6.92 Å². The molecule has 7 heteroatoms. The van der Waals surface area contributed by atoms with Gasteiger partial charge < -0.3 is 5.11 Å². The number of rotatable bonds is 3. The summed E-state index contributed by atoms with van der Waals surface area (Å²) >= 11 is 1.28. The van der Waals surface area contributed by atoms with Gasteiger partial charge in [-0.3, -0.25) is 0 Å². The Hall–Kier alpha value is -1.89. The summed E-state index contributed by atoms with van der Waals surface area (Å²) in [7, 11) is 0. The molecule has 84 valence electrons. The number of hydrogen-bond acceptors (Lipinski definition) is 4. The van der Waals surface area contributed by atoms with Crippen LogP contribution in [0.15, 0.2) is 17.2 Å². The number of aromatic carboxylic acids is 1. The second-order valence-corrected chi connectivity index (χ2v) is 4.24. The van der Waals surface area contributed by atoms with Crippen molar-refractivity contribution in [1.29, 1.82) is 0 Å². The molecule has 0 bridgehead atoms. The highest BCUT2D eigenvalue weighted by Gasteiger charge is 2.17. The van der Waals surface area contributed by atoms with Crippen LogP contribution in [0.4, 0.5) is 0 Å². The van der Waals surface area contributed by atoms with E-state index in [9.17, 15) is 9.59 Å². The van der Waals surface area contributed by atoms with Gasteiger partial charge in [-0.1, -0.05) is 6.92 Å². The van der Waals surface area contributed by atoms with Crippen LogP contribution in [-0.4, -0.2) is 25.8 Å². The quantitative estimate of drug-likeness (QED) is 0.832. The van der Waals surface area contributed by atoms with Gasteiger partial charge in [0.15, 0.2) is 0 Å². The van der Waals surface area contributed by atoms with Crippen molar-refractivity contribution in [2.45, 2.75) is 13.3 Å². The van der Waals surface area contributed by atoms with Crippen LogP contribution < -0.4 is 5.69 Å². The third-order valence-electron chi connectivity index (χ3n) is 2.11. The lowest BCUT2D eigenvalue weighted by molar-refractivity contribution is 0.0697. The molecule has 0 aromatic carbocycles. The second kappa shape index (κ2) is 3.93. The SMILES string of the molecule is CCc1cc(C(=O)O)c(-n2cn[nH]c2=O)s1. The van der Waals surface area contributed by atoms with Gasteiger partial charge in [0, 0.05) is 4.88 Å². The Labute approximate surface area is 94.2 Å². The Morgan fingerprint density at radius 1 is 1.69 bits per heavy atom. The van der Waals surface area contributed by atoms with E-state index in [0.717, 1.165) is 11.3 Å². The van der Waals surface area contributed by atoms with Crippen LogP contribution in [0, 0.1) is 0 Å². The molecule has 0 aliphatic carbocycles. The Balaban J connectivity index is 2.64. The Bertz CT molecular complexity index is 581. The van der Waals surface area contributed by atoms with Gasteiger partial charge in [0.25, 0.3) is 0 Å². The highest BCUT2D eigenvalue weighted by Crippen LogP contribution is 2.25. The zero-order chi connectivity index (χ0) is 11.7. The number of thiophene rings is 1. The second-order valence-electron chi connectivity index (χ2n) is 3.12. The first-order chi connectivity index (χ1) is 7.63. The topological polar surface area (TPSA) is 88.0 Å². The molecule has 0 amide bonds. The van der Waals surface area contributed by atoms with E-state index in [-0.39, 0.29) is 5.56 Å². The maximum Gasteiger partial charge on any atom is 0.348 e. The van der Waals surface area contributed by atoms with Crippen LogP contribution in [0.5, 0.6) is 0 Å². The van der Waals surface area contributed by atoms with Crippen LogP contribution >= 0.6 is 11.3 Å². The lowest BCUT2D eigenvalue weighted by Gasteiger charge is -1.96. The summed E-state index contributed by atoms with van der Waals surface area (Å²) in [5.74, 6) is -1.04. The molecule has 0 aliphatic heterocycles. The van der Waals surface area contributed by atoms with Crippen molar-refractivity contribution in [3.63, 3.8) is 0 Å². The van der Waals surface area contributed by atoms with E-state index in [1.54, 1.807) is 6.07 Å². The van der Waals surface area contributed by atoms with Crippen LogP contribution in [0.3, 0.4) is 0 Å². The summed E-state index contributed by atoms with van der Waals surface area (Å²) in [6.07, 6.45) is 2.01. The molecule has 6 nitrogen and oxygen atoms in total. The first kappa shape index (κ1) is 10.6. The zero-order valence-electron chi connectivity index (χ0n) is 8.43. The summed E-state index contributed by atoms with van der Waals surface area (Å²) < 4.78 is 1.20. The number of hydrogen-bond donors (Lipinski definition) is 2. The summed E-state index contributed by atoms with van der Waals surface area (Å²) in [5, 5.41) is 15.2. The van der Waals surface area contributed by atoms with Gasteiger partial charge in [-0.15, -0.1) is 11.3 Å². The number of aryl methyl sites for hydroxylation is 1. The van der Waals surface area contributed by atoms with Gasteiger partial charge in [-0.2, -0.15) is 5.10 Å². The molecule has 2 N–H and O–H groups in total. The number of carboxylic acids is 1. The predicted molar refractivity (Wildman–Crippen MR) is 58.4 cm³/mol. The minimum Gasteiger partial charge on any atom is -0.478 e. The molecule has 2 rings (SSSR count). The van der Waals surface area contributed by atoms with Gasteiger partial charge in [0.2, 0.25) is 0 Å². The lowest BCUT2D eigenvalue weighted by atomic mass is 10.2. The molecule has 2 aromatic heterocycles. The third kappa shape index (κ3) is 1.65. The van der Waals surface area contributed by atoms with Gasteiger partial charge in [-0.05, 0) is 12.5 Å². The van der Waals surface area contributed by atoms with Crippen LogP contribution in [0.25, 0.3) is 5.00 Å². The fraction of sp³-hybridized carbons (Fsp3) is 0.222. The average molecular weight is 239 g/mol. The molecular formula is C9H9N3O3S. The summed E-state index contributed by atoms with van der Waals surface area (Å²) in [4.78, 5) is 23.3. The largest absolute Gasteiger partial charge is 0.478 e. The van der Waals surface area contributed by atoms with Gasteiger partial charge in [0.05, 0.1) is 5.56 Å². The van der Waals surface area contributed by atoms with Crippen molar-refractivity contribution < 1.29 is 9.90 Å². The molecule has 0 radical (unpaired) electrons. The van der Waals surface area contributed by atoms with Crippen molar-refractivity contribution in [2.24, 2.45) is 0 Å². The van der Waals surface area contributed by atoms with Crippen molar-refractivity contribution in [3.05, 3.63) is 33.3 Å².